The van der Waals surface area contributed by atoms with Gasteiger partial charge in [0.25, 0.3) is 0 Å². The molecule has 110 valence electrons. The Hall–Kier alpha value is -1.40. The third-order valence-electron chi connectivity index (χ3n) is 3.67. The van der Waals surface area contributed by atoms with Crippen LogP contribution in [0.5, 0.6) is 0 Å². The molecule has 1 saturated heterocycles. The van der Waals surface area contributed by atoms with Gasteiger partial charge in [-0.05, 0) is 25.1 Å². The molecule has 1 aromatic carbocycles. The van der Waals surface area contributed by atoms with E-state index >= 15 is 0 Å². The lowest BCUT2D eigenvalue weighted by atomic mass is 10.1. The molecule has 0 bridgehead atoms. The molecule has 0 aromatic heterocycles. The van der Waals surface area contributed by atoms with Gasteiger partial charge in [0.05, 0.1) is 24.2 Å². The van der Waals surface area contributed by atoms with E-state index in [0.717, 1.165) is 5.56 Å². The molecule has 1 fully saturated rings. The van der Waals surface area contributed by atoms with Gasteiger partial charge in [0, 0.05) is 12.6 Å². The maximum atomic E-state index is 11.7. The molecular formula is C14H19NO4S. The Labute approximate surface area is 119 Å². The first kappa shape index (κ1) is 15.0. The maximum Gasteiger partial charge on any atom is 0.338 e. The Kier molecular flexibility index (Phi) is 4.45. The molecule has 0 spiro atoms. The number of hydrogen-bond donors (Lipinski definition) is 0. The van der Waals surface area contributed by atoms with Gasteiger partial charge >= 0.3 is 5.97 Å². The molecule has 6 heteroatoms. The van der Waals surface area contributed by atoms with Crippen molar-refractivity contribution in [3.05, 3.63) is 35.4 Å². The second-order valence-corrected chi connectivity index (χ2v) is 7.35. The van der Waals surface area contributed by atoms with Crippen LogP contribution < -0.4 is 0 Å². The van der Waals surface area contributed by atoms with Gasteiger partial charge in [-0.2, -0.15) is 0 Å². The van der Waals surface area contributed by atoms with Gasteiger partial charge in [0.2, 0.25) is 0 Å². The fourth-order valence-electron chi connectivity index (χ4n) is 2.49. The van der Waals surface area contributed by atoms with Crippen LogP contribution in [0.4, 0.5) is 0 Å². The van der Waals surface area contributed by atoms with Crippen molar-refractivity contribution in [3.63, 3.8) is 0 Å². The standard InChI is InChI=1S/C14H19NO4S/c1-15(12-7-8-20(17,18)10-12)9-11-5-3-4-6-13(11)14(16)19-2/h3-6,12H,7-10H2,1-2H3. The molecule has 0 amide bonds. The molecule has 1 heterocycles. The molecule has 5 nitrogen and oxygen atoms in total. The minimum Gasteiger partial charge on any atom is -0.465 e. The summed E-state index contributed by atoms with van der Waals surface area (Å²) in [4.78, 5) is 13.7. The molecule has 20 heavy (non-hydrogen) atoms. The van der Waals surface area contributed by atoms with Crippen molar-refractivity contribution in [2.45, 2.75) is 19.0 Å². The summed E-state index contributed by atoms with van der Waals surface area (Å²) in [6.45, 7) is 0.533. The number of hydrogen-bond acceptors (Lipinski definition) is 5. The summed E-state index contributed by atoms with van der Waals surface area (Å²) in [6, 6.07) is 7.26. The Bertz CT molecular complexity index is 597. The molecule has 0 saturated carbocycles. The highest BCUT2D eigenvalue weighted by atomic mass is 32.2. The Morgan fingerprint density at radius 3 is 2.70 bits per heavy atom. The van der Waals surface area contributed by atoms with Crippen molar-refractivity contribution in [1.82, 2.24) is 4.90 Å². The predicted octanol–water partition coefficient (Wildman–Crippen LogP) is 1.09. The van der Waals surface area contributed by atoms with Gasteiger partial charge in [0.1, 0.15) is 0 Å². The normalized spacial score (nSPS) is 21.1. The summed E-state index contributed by atoms with van der Waals surface area (Å²) >= 11 is 0. The average molecular weight is 297 g/mol. The fourth-order valence-corrected chi connectivity index (χ4v) is 4.29. The average Bonchev–Trinajstić information content (AvgIpc) is 2.79. The highest BCUT2D eigenvalue weighted by Gasteiger charge is 2.30. The van der Waals surface area contributed by atoms with E-state index in [1.54, 1.807) is 12.1 Å². The van der Waals surface area contributed by atoms with Gasteiger partial charge in [-0.25, -0.2) is 13.2 Å². The quantitative estimate of drug-likeness (QED) is 0.779. The SMILES string of the molecule is COC(=O)c1ccccc1CN(C)C1CCS(=O)(=O)C1. The molecular weight excluding hydrogens is 278 g/mol. The van der Waals surface area contributed by atoms with Crippen LogP contribution in [0.25, 0.3) is 0 Å². The van der Waals surface area contributed by atoms with E-state index in [2.05, 4.69) is 0 Å². The molecule has 1 aliphatic heterocycles. The number of methoxy groups -OCH3 is 1. The van der Waals surface area contributed by atoms with E-state index in [1.165, 1.54) is 7.11 Å². The lowest BCUT2D eigenvalue weighted by Gasteiger charge is -2.23. The second-order valence-electron chi connectivity index (χ2n) is 5.12. The third kappa shape index (κ3) is 3.37. The lowest BCUT2D eigenvalue weighted by Crippen LogP contribution is -2.32. The van der Waals surface area contributed by atoms with E-state index in [4.69, 9.17) is 4.74 Å². The van der Waals surface area contributed by atoms with Crippen LogP contribution in [0.2, 0.25) is 0 Å². The van der Waals surface area contributed by atoms with Crippen molar-refractivity contribution < 1.29 is 17.9 Å². The molecule has 0 aliphatic carbocycles. The minimum absolute atomic E-state index is 0.0192. The van der Waals surface area contributed by atoms with Crippen LogP contribution in [0.15, 0.2) is 24.3 Å². The molecule has 0 radical (unpaired) electrons. The Morgan fingerprint density at radius 1 is 1.40 bits per heavy atom. The number of sulfone groups is 1. The zero-order chi connectivity index (χ0) is 14.8. The van der Waals surface area contributed by atoms with Crippen molar-refractivity contribution in [2.24, 2.45) is 0 Å². The minimum atomic E-state index is -2.90. The van der Waals surface area contributed by atoms with Crippen molar-refractivity contribution >= 4 is 15.8 Å². The van der Waals surface area contributed by atoms with Gasteiger partial charge in [-0.15, -0.1) is 0 Å². The zero-order valence-corrected chi connectivity index (χ0v) is 12.5. The molecule has 0 N–H and O–H groups in total. The first-order valence-corrected chi connectivity index (χ1v) is 8.32. The van der Waals surface area contributed by atoms with Gasteiger partial charge in [0.15, 0.2) is 9.84 Å². The van der Waals surface area contributed by atoms with Crippen LogP contribution in [0, 0.1) is 0 Å². The molecule has 1 aromatic rings. The summed E-state index contributed by atoms with van der Waals surface area (Å²) in [5.41, 5.74) is 1.38. The van der Waals surface area contributed by atoms with Crippen molar-refractivity contribution in [2.75, 3.05) is 25.7 Å². The highest BCUT2D eigenvalue weighted by Crippen LogP contribution is 2.20. The van der Waals surface area contributed by atoms with Crippen LogP contribution in [0.1, 0.15) is 22.3 Å². The van der Waals surface area contributed by atoms with E-state index in [9.17, 15) is 13.2 Å². The summed E-state index contributed by atoms with van der Waals surface area (Å²) in [6.07, 6.45) is 0.652. The number of nitrogens with zero attached hydrogens (tertiary/aromatic N) is 1. The van der Waals surface area contributed by atoms with Crippen LogP contribution in [-0.4, -0.2) is 51.0 Å². The predicted molar refractivity (Wildman–Crippen MR) is 76.3 cm³/mol. The first-order chi connectivity index (χ1) is 9.43. The van der Waals surface area contributed by atoms with Gasteiger partial charge < -0.3 is 4.74 Å². The number of benzene rings is 1. The molecule has 1 unspecified atom stereocenters. The summed E-state index contributed by atoms with van der Waals surface area (Å²) in [5.74, 6) is 0.0814. The molecule has 1 aliphatic rings. The third-order valence-corrected chi connectivity index (χ3v) is 5.42. The number of carbonyl (C=O) groups excluding carboxylic acids is 1. The number of esters is 1. The van der Waals surface area contributed by atoms with Gasteiger partial charge in [-0.3, -0.25) is 4.90 Å². The number of carbonyl (C=O) groups is 1. The Morgan fingerprint density at radius 2 is 2.10 bits per heavy atom. The summed E-state index contributed by atoms with van der Waals surface area (Å²) in [7, 11) is 0.345. The second kappa shape index (κ2) is 5.93. The molecule has 2 rings (SSSR count). The molecule has 1 atom stereocenters. The number of ether oxygens (including phenoxy) is 1. The van der Waals surface area contributed by atoms with Gasteiger partial charge in [-0.1, -0.05) is 18.2 Å². The van der Waals surface area contributed by atoms with Crippen LogP contribution in [-0.2, 0) is 21.1 Å². The fraction of sp³-hybridized carbons (Fsp3) is 0.500. The summed E-state index contributed by atoms with van der Waals surface area (Å²) < 4.78 is 27.8. The van der Waals surface area contributed by atoms with Crippen molar-refractivity contribution in [1.29, 1.82) is 0 Å². The smallest absolute Gasteiger partial charge is 0.338 e. The van der Waals surface area contributed by atoms with Crippen LogP contribution in [0.3, 0.4) is 0 Å². The largest absolute Gasteiger partial charge is 0.465 e. The van der Waals surface area contributed by atoms with Crippen molar-refractivity contribution in [3.8, 4) is 0 Å². The van der Waals surface area contributed by atoms with E-state index in [1.807, 2.05) is 24.1 Å². The van der Waals surface area contributed by atoms with E-state index < -0.39 is 9.84 Å². The van der Waals surface area contributed by atoms with Crippen LogP contribution >= 0.6 is 0 Å². The monoisotopic (exact) mass is 297 g/mol. The lowest BCUT2D eigenvalue weighted by molar-refractivity contribution is 0.0598. The maximum absolute atomic E-state index is 11.7. The summed E-state index contributed by atoms with van der Waals surface area (Å²) in [5, 5.41) is 0. The van der Waals surface area contributed by atoms with E-state index in [0.29, 0.717) is 18.5 Å². The number of rotatable bonds is 4. The first-order valence-electron chi connectivity index (χ1n) is 6.50. The topological polar surface area (TPSA) is 63.7 Å². The highest BCUT2D eigenvalue weighted by molar-refractivity contribution is 7.91. The zero-order valence-electron chi connectivity index (χ0n) is 11.7. The Balaban J connectivity index is 2.12. The van der Waals surface area contributed by atoms with E-state index in [-0.39, 0.29) is 23.5 Å².